The van der Waals surface area contributed by atoms with E-state index in [1.807, 2.05) is 0 Å². The van der Waals surface area contributed by atoms with Gasteiger partial charge < -0.3 is 0 Å². The lowest BCUT2D eigenvalue weighted by molar-refractivity contribution is 0.0993. The lowest BCUT2D eigenvalue weighted by Gasteiger charge is -2.14. The highest BCUT2D eigenvalue weighted by atomic mass is 35.5. The topological polar surface area (TPSA) is 47.8 Å². The molecule has 0 saturated heterocycles. The maximum Gasteiger partial charge on any atom is 0.196 e. The average molecular weight is 543 g/mol. The number of hydrogen-bond acceptors (Lipinski definition) is 4. The van der Waals surface area contributed by atoms with Gasteiger partial charge in [0.05, 0.1) is 21.0 Å². The number of ketones is 1. The standard InChI is InChI=1S/C23H13Cl3F3N3OS/c1-11(21(33)12-2-6-19(28)20(29)8-12)34-23-31-30-22(15-5-3-13(24)9-16(15)25)32(23)14-4-7-18(27)17(26)10-14/h2-11H,1H3/t11-/m1/s1. The smallest absolute Gasteiger partial charge is 0.196 e. The normalized spacial score (nSPS) is 12.1. The van der Waals surface area contributed by atoms with Crippen molar-refractivity contribution < 1.29 is 18.0 Å². The summed E-state index contributed by atoms with van der Waals surface area (Å²) < 4.78 is 42.3. The molecule has 4 aromatic rings. The van der Waals surface area contributed by atoms with E-state index in [4.69, 9.17) is 34.8 Å². The minimum absolute atomic E-state index is 0.00996. The van der Waals surface area contributed by atoms with E-state index in [9.17, 15) is 18.0 Å². The van der Waals surface area contributed by atoms with Gasteiger partial charge in [0.15, 0.2) is 28.4 Å². The highest BCUT2D eigenvalue weighted by Gasteiger charge is 2.24. The number of carbonyl (C=O) groups excluding carboxylic acids is 1. The number of Topliss-reactive ketones (excluding diaryl/α,β-unsaturated/α-hetero) is 1. The van der Waals surface area contributed by atoms with Gasteiger partial charge in [-0.15, -0.1) is 10.2 Å². The zero-order valence-electron chi connectivity index (χ0n) is 17.2. The van der Waals surface area contributed by atoms with Crippen molar-refractivity contribution in [2.24, 2.45) is 0 Å². The zero-order valence-corrected chi connectivity index (χ0v) is 20.3. The molecule has 0 spiro atoms. The first-order valence-electron chi connectivity index (χ1n) is 9.68. The van der Waals surface area contributed by atoms with Crippen molar-refractivity contribution in [3.05, 3.63) is 92.7 Å². The molecule has 3 aromatic carbocycles. The Morgan fingerprint density at radius 3 is 2.29 bits per heavy atom. The molecular formula is C23H13Cl3F3N3OS. The van der Waals surface area contributed by atoms with Gasteiger partial charge >= 0.3 is 0 Å². The number of halogens is 6. The Morgan fingerprint density at radius 2 is 1.62 bits per heavy atom. The molecule has 0 aliphatic heterocycles. The van der Waals surface area contributed by atoms with Crippen molar-refractivity contribution in [3.63, 3.8) is 0 Å². The number of benzene rings is 3. The molecule has 0 bridgehead atoms. The third-order valence-electron chi connectivity index (χ3n) is 4.82. The maximum atomic E-state index is 13.8. The third-order valence-corrected chi connectivity index (χ3v) is 6.70. The van der Waals surface area contributed by atoms with Gasteiger partial charge in [-0.1, -0.05) is 46.6 Å². The first-order chi connectivity index (χ1) is 16.2. The second kappa shape index (κ2) is 10.00. The quantitative estimate of drug-likeness (QED) is 0.185. The van der Waals surface area contributed by atoms with Gasteiger partial charge in [-0.05, 0) is 61.5 Å². The zero-order chi connectivity index (χ0) is 24.6. The highest BCUT2D eigenvalue weighted by molar-refractivity contribution is 8.00. The monoisotopic (exact) mass is 541 g/mol. The van der Waals surface area contributed by atoms with Crippen LogP contribution in [0.3, 0.4) is 0 Å². The Kier molecular flexibility index (Phi) is 7.23. The van der Waals surface area contributed by atoms with E-state index in [2.05, 4.69) is 10.2 Å². The van der Waals surface area contributed by atoms with Crippen LogP contribution >= 0.6 is 46.6 Å². The molecule has 0 unspecified atom stereocenters. The molecule has 1 aromatic heterocycles. The molecule has 1 heterocycles. The summed E-state index contributed by atoms with van der Waals surface area (Å²) in [6.45, 7) is 1.60. The molecule has 0 aliphatic carbocycles. The van der Waals surface area contributed by atoms with Gasteiger partial charge in [-0.2, -0.15) is 0 Å². The van der Waals surface area contributed by atoms with Crippen molar-refractivity contribution in [2.75, 3.05) is 0 Å². The van der Waals surface area contributed by atoms with Gasteiger partial charge in [0, 0.05) is 16.1 Å². The van der Waals surface area contributed by atoms with Gasteiger partial charge in [-0.25, -0.2) is 13.2 Å². The molecule has 4 nitrogen and oxygen atoms in total. The van der Waals surface area contributed by atoms with Crippen LogP contribution in [0.15, 0.2) is 59.8 Å². The fourth-order valence-electron chi connectivity index (χ4n) is 3.14. The van der Waals surface area contributed by atoms with Crippen molar-refractivity contribution in [3.8, 4) is 17.1 Å². The van der Waals surface area contributed by atoms with Crippen LogP contribution in [-0.4, -0.2) is 25.8 Å². The number of hydrogen-bond donors (Lipinski definition) is 0. The number of aromatic nitrogens is 3. The van der Waals surface area contributed by atoms with E-state index in [0.717, 1.165) is 23.9 Å². The molecule has 4 rings (SSSR count). The minimum atomic E-state index is -1.12. The van der Waals surface area contributed by atoms with Crippen LogP contribution in [0.4, 0.5) is 13.2 Å². The summed E-state index contributed by atoms with van der Waals surface area (Å²) in [4.78, 5) is 12.9. The largest absolute Gasteiger partial charge is 0.293 e. The van der Waals surface area contributed by atoms with Crippen LogP contribution in [0.1, 0.15) is 17.3 Å². The van der Waals surface area contributed by atoms with Crippen molar-refractivity contribution >= 4 is 52.3 Å². The van der Waals surface area contributed by atoms with Crippen LogP contribution in [0.5, 0.6) is 0 Å². The Labute approximate surface area is 211 Å². The second-order valence-electron chi connectivity index (χ2n) is 7.12. The summed E-state index contributed by atoms with van der Waals surface area (Å²) >= 11 is 19.4. The summed E-state index contributed by atoms with van der Waals surface area (Å²) in [5, 5.41) is 8.53. The number of nitrogens with zero attached hydrogens (tertiary/aromatic N) is 3. The highest BCUT2D eigenvalue weighted by Crippen LogP contribution is 2.36. The second-order valence-corrected chi connectivity index (χ2v) is 9.68. The molecule has 0 saturated carbocycles. The minimum Gasteiger partial charge on any atom is -0.293 e. The van der Waals surface area contributed by atoms with Gasteiger partial charge in [0.1, 0.15) is 5.82 Å². The first kappa shape index (κ1) is 24.6. The predicted octanol–water partition coefficient (Wildman–Crippen LogP) is 7.68. The number of carbonyl (C=O) groups is 1. The summed E-state index contributed by atoms with van der Waals surface area (Å²) in [6.07, 6.45) is 0. The van der Waals surface area contributed by atoms with Gasteiger partial charge in [-0.3, -0.25) is 9.36 Å². The van der Waals surface area contributed by atoms with Crippen LogP contribution in [0.2, 0.25) is 15.1 Å². The fraction of sp³-hybridized carbons (Fsp3) is 0.0870. The van der Waals surface area contributed by atoms with Crippen molar-refractivity contribution in [1.29, 1.82) is 0 Å². The van der Waals surface area contributed by atoms with Crippen LogP contribution in [-0.2, 0) is 0 Å². The van der Waals surface area contributed by atoms with Crippen LogP contribution < -0.4 is 0 Å². The Morgan fingerprint density at radius 1 is 0.882 bits per heavy atom. The summed E-state index contributed by atoms with van der Waals surface area (Å²) in [5.74, 6) is -2.91. The number of rotatable bonds is 6. The average Bonchev–Trinajstić information content (AvgIpc) is 3.20. The summed E-state index contributed by atoms with van der Waals surface area (Å²) in [5.41, 5.74) is 0.925. The van der Waals surface area contributed by atoms with E-state index in [1.165, 1.54) is 30.3 Å². The predicted molar refractivity (Wildman–Crippen MR) is 128 cm³/mol. The Hall–Kier alpha value is -2.52. The SMILES string of the molecule is C[C@@H](Sc1nnc(-c2ccc(Cl)cc2Cl)n1-c1ccc(F)c(Cl)c1)C(=O)c1ccc(F)c(F)c1. The van der Waals surface area contributed by atoms with Gasteiger partial charge in [0.25, 0.3) is 0 Å². The summed E-state index contributed by atoms with van der Waals surface area (Å²) in [6, 6.07) is 11.8. The van der Waals surface area contributed by atoms with E-state index in [0.29, 0.717) is 27.1 Å². The third kappa shape index (κ3) is 4.95. The van der Waals surface area contributed by atoms with E-state index < -0.39 is 28.5 Å². The molecule has 0 N–H and O–H groups in total. The molecule has 34 heavy (non-hydrogen) atoms. The molecule has 0 aliphatic rings. The molecule has 0 fully saturated rings. The lowest BCUT2D eigenvalue weighted by atomic mass is 10.1. The van der Waals surface area contributed by atoms with E-state index in [1.54, 1.807) is 23.6 Å². The van der Waals surface area contributed by atoms with Gasteiger partial charge in [0.2, 0.25) is 0 Å². The first-order valence-corrected chi connectivity index (χ1v) is 11.7. The molecular weight excluding hydrogens is 530 g/mol. The fourth-order valence-corrected chi connectivity index (χ4v) is 4.76. The molecule has 174 valence electrons. The van der Waals surface area contributed by atoms with Crippen LogP contribution in [0, 0.1) is 17.5 Å². The molecule has 0 radical (unpaired) electrons. The molecule has 1 atom stereocenters. The van der Waals surface area contributed by atoms with Crippen LogP contribution in [0.25, 0.3) is 17.1 Å². The van der Waals surface area contributed by atoms with Crippen molar-refractivity contribution in [2.45, 2.75) is 17.3 Å². The Balaban J connectivity index is 1.77. The summed E-state index contributed by atoms with van der Waals surface area (Å²) in [7, 11) is 0. The van der Waals surface area contributed by atoms with E-state index >= 15 is 0 Å². The Bertz CT molecular complexity index is 1410. The number of thioether (sulfide) groups is 1. The molecule has 11 heteroatoms. The van der Waals surface area contributed by atoms with Crippen molar-refractivity contribution in [1.82, 2.24) is 14.8 Å². The lowest BCUT2D eigenvalue weighted by Crippen LogP contribution is -2.15. The molecule has 0 amide bonds. The maximum absolute atomic E-state index is 13.8. The van der Waals surface area contributed by atoms with E-state index in [-0.39, 0.29) is 15.7 Å².